The number of methoxy groups -OCH3 is 1. The van der Waals surface area contributed by atoms with E-state index in [9.17, 15) is 5.11 Å². The van der Waals surface area contributed by atoms with Gasteiger partial charge in [-0.2, -0.15) is 0 Å². The first-order chi connectivity index (χ1) is 8.11. The van der Waals surface area contributed by atoms with Gasteiger partial charge in [-0.25, -0.2) is 4.98 Å². The SMILES string of the molecule is COc1ccc(-c2csc(C(C)O)n2)cc1C. The summed E-state index contributed by atoms with van der Waals surface area (Å²) in [4.78, 5) is 4.40. The van der Waals surface area contributed by atoms with Gasteiger partial charge < -0.3 is 9.84 Å². The molecule has 0 aliphatic carbocycles. The van der Waals surface area contributed by atoms with E-state index in [0.29, 0.717) is 0 Å². The zero-order valence-electron chi connectivity index (χ0n) is 10.1. The molecule has 0 aliphatic heterocycles. The fourth-order valence-corrected chi connectivity index (χ4v) is 2.42. The minimum Gasteiger partial charge on any atom is -0.496 e. The minimum absolute atomic E-state index is 0.506. The number of aliphatic hydroxyl groups excluding tert-OH is 1. The Hall–Kier alpha value is -1.39. The number of aromatic nitrogens is 1. The van der Waals surface area contributed by atoms with Crippen LogP contribution in [0.4, 0.5) is 0 Å². The number of aliphatic hydroxyl groups is 1. The van der Waals surface area contributed by atoms with Crippen molar-refractivity contribution in [1.29, 1.82) is 0 Å². The van der Waals surface area contributed by atoms with E-state index in [-0.39, 0.29) is 0 Å². The predicted octanol–water partition coefficient (Wildman–Crippen LogP) is 3.18. The summed E-state index contributed by atoms with van der Waals surface area (Å²) in [5.41, 5.74) is 3.03. The predicted molar refractivity (Wildman–Crippen MR) is 69.5 cm³/mol. The molecule has 1 unspecified atom stereocenters. The zero-order chi connectivity index (χ0) is 12.4. The molecule has 0 aliphatic rings. The van der Waals surface area contributed by atoms with Crippen LogP contribution < -0.4 is 4.74 Å². The standard InChI is InChI=1S/C13H15NO2S/c1-8-6-10(4-5-12(8)16-3)11-7-17-13(14-11)9(2)15/h4-7,9,15H,1-3H3. The first-order valence-corrected chi connectivity index (χ1v) is 6.28. The highest BCUT2D eigenvalue weighted by molar-refractivity contribution is 7.10. The van der Waals surface area contributed by atoms with Crippen molar-refractivity contribution < 1.29 is 9.84 Å². The molecule has 3 nitrogen and oxygen atoms in total. The molecule has 17 heavy (non-hydrogen) atoms. The lowest BCUT2D eigenvalue weighted by Crippen LogP contribution is -1.90. The lowest BCUT2D eigenvalue weighted by atomic mass is 10.1. The fourth-order valence-electron chi connectivity index (χ4n) is 1.65. The Morgan fingerprint density at radius 3 is 2.71 bits per heavy atom. The van der Waals surface area contributed by atoms with E-state index in [2.05, 4.69) is 4.98 Å². The Balaban J connectivity index is 2.36. The van der Waals surface area contributed by atoms with E-state index in [4.69, 9.17) is 4.74 Å². The highest BCUT2D eigenvalue weighted by Gasteiger charge is 2.09. The Kier molecular flexibility index (Phi) is 3.45. The summed E-state index contributed by atoms with van der Waals surface area (Å²) >= 11 is 1.48. The lowest BCUT2D eigenvalue weighted by Gasteiger charge is -2.05. The Morgan fingerprint density at radius 1 is 1.41 bits per heavy atom. The van der Waals surface area contributed by atoms with Crippen LogP contribution in [0.15, 0.2) is 23.6 Å². The molecule has 4 heteroatoms. The van der Waals surface area contributed by atoms with Crippen LogP contribution >= 0.6 is 11.3 Å². The molecule has 0 saturated heterocycles. The second-order valence-electron chi connectivity index (χ2n) is 3.93. The molecular weight excluding hydrogens is 234 g/mol. The van der Waals surface area contributed by atoms with E-state index in [1.54, 1.807) is 14.0 Å². The molecule has 2 aromatic rings. The van der Waals surface area contributed by atoms with Gasteiger partial charge in [0.2, 0.25) is 0 Å². The van der Waals surface area contributed by atoms with Crippen molar-refractivity contribution in [3.05, 3.63) is 34.2 Å². The number of aryl methyl sites for hydroxylation is 1. The molecule has 1 aromatic heterocycles. The van der Waals surface area contributed by atoms with Gasteiger partial charge in [0, 0.05) is 10.9 Å². The molecule has 1 heterocycles. The van der Waals surface area contributed by atoms with Crippen molar-refractivity contribution in [3.63, 3.8) is 0 Å². The van der Waals surface area contributed by atoms with Gasteiger partial charge in [0.15, 0.2) is 0 Å². The van der Waals surface area contributed by atoms with E-state index >= 15 is 0 Å². The van der Waals surface area contributed by atoms with Crippen molar-refractivity contribution in [3.8, 4) is 17.0 Å². The number of rotatable bonds is 3. The van der Waals surface area contributed by atoms with Crippen LogP contribution in [0.5, 0.6) is 5.75 Å². The highest BCUT2D eigenvalue weighted by atomic mass is 32.1. The summed E-state index contributed by atoms with van der Waals surface area (Å²) in [6.07, 6.45) is -0.506. The largest absolute Gasteiger partial charge is 0.496 e. The van der Waals surface area contributed by atoms with Gasteiger partial charge in [-0.1, -0.05) is 0 Å². The molecule has 2 rings (SSSR count). The van der Waals surface area contributed by atoms with Gasteiger partial charge in [0.25, 0.3) is 0 Å². The van der Waals surface area contributed by atoms with Gasteiger partial charge in [-0.3, -0.25) is 0 Å². The first kappa shape index (κ1) is 12.1. The third-order valence-corrected chi connectivity index (χ3v) is 3.58. The topological polar surface area (TPSA) is 42.4 Å². The number of benzene rings is 1. The van der Waals surface area contributed by atoms with Gasteiger partial charge in [-0.15, -0.1) is 11.3 Å². The Labute approximate surface area is 105 Å². The summed E-state index contributed by atoms with van der Waals surface area (Å²) in [6.45, 7) is 3.73. The maximum absolute atomic E-state index is 9.45. The van der Waals surface area contributed by atoms with Gasteiger partial charge >= 0.3 is 0 Å². The molecule has 0 fully saturated rings. The third kappa shape index (κ3) is 2.48. The van der Waals surface area contributed by atoms with E-state index in [0.717, 1.165) is 27.6 Å². The normalized spacial score (nSPS) is 12.5. The van der Waals surface area contributed by atoms with Crippen molar-refractivity contribution in [2.75, 3.05) is 7.11 Å². The van der Waals surface area contributed by atoms with Crippen molar-refractivity contribution in [1.82, 2.24) is 4.98 Å². The van der Waals surface area contributed by atoms with Crippen LogP contribution in [0, 0.1) is 6.92 Å². The van der Waals surface area contributed by atoms with Gasteiger partial charge in [0.1, 0.15) is 16.9 Å². The van der Waals surface area contributed by atoms with E-state index in [1.807, 2.05) is 30.5 Å². The van der Waals surface area contributed by atoms with Crippen LogP contribution in [0.3, 0.4) is 0 Å². The molecule has 0 amide bonds. The second-order valence-corrected chi connectivity index (χ2v) is 4.82. The number of thiazole rings is 1. The monoisotopic (exact) mass is 249 g/mol. The molecular formula is C13H15NO2S. The number of hydrogen-bond donors (Lipinski definition) is 1. The quantitative estimate of drug-likeness (QED) is 0.908. The van der Waals surface area contributed by atoms with Crippen LogP contribution in [-0.2, 0) is 0 Å². The summed E-state index contributed by atoms with van der Waals surface area (Å²) in [5.74, 6) is 0.875. The molecule has 0 bridgehead atoms. The van der Waals surface area contributed by atoms with Gasteiger partial charge in [0.05, 0.1) is 12.8 Å². The van der Waals surface area contributed by atoms with Crippen LogP contribution in [0.2, 0.25) is 0 Å². The van der Waals surface area contributed by atoms with Crippen LogP contribution in [-0.4, -0.2) is 17.2 Å². The third-order valence-electron chi connectivity index (χ3n) is 2.57. The smallest absolute Gasteiger partial charge is 0.122 e. The summed E-state index contributed by atoms with van der Waals surface area (Å²) < 4.78 is 5.22. The minimum atomic E-state index is -0.506. The molecule has 90 valence electrons. The maximum atomic E-state index is 9.45. The van der Waals surface area contributed by atoms with Crippen molar-refractivity contribution in [2.45, 2.75) is 20.0 Å². The fraction of sp³-hybridized carbons (Fsp3) is 0.308. The average molecular weight is 249 g/mol. The van der Waals surface area contributed by atoms with Crippen LogP contribution in [0.25, 0.3) is 11.3 Å². The van der Waals surface area contributed by atoms with E-state index < -0.39 is 6.10 Å². The molecule has 1 N–H and O–H groups in total. The molecule has 0 radical (unpaired) electrons. The zero-order valence-corrected chi connectivity index (χ0v) is 10.9. The lowest BCUT2D eigenvalue weighted by molar-refractivity contribution is 0.199. The van der Waals surface area contributed by atoms with E-state index in [1.165, 1.54) is 11.3 Å². The second kappa shape index (κ2) is 4.85. The molecule has 1 aromatic carbocycles. The summed E-state index contributed by atoms with van der Waals surface area (Å²) in [7, 11) is 1.66. The molecule has 0 spiro atoms. The van der Waals surface area contributed by atoms with Crippen molar-refractivity contribution in [2.24, 2.45) is 0 Å². The van der Waals surface area contributed by atoms with Crippen LogP contribution in [0.1, 0.15) is 23.6 Å². The Bertz CT molecular complexity index is 520. The Morgan fingerprint density at radius 2 is 2.18 bits per heavy atom. The number of nitrogens with zero attached hydrogens (tertiary/aromatic N) is 1. The molecule has 0 saturated carbocycles. The summed E-state index contributed by atoms with van der Waals surface area (Å²) in [6, 6.07) is 5.96. The number of hydrogen-bond acceptors (Lipinski definition) is 4. The first-order valence-electron chi connectivity index (χ1n) is 5.40. The van der Waals surface area contributed by atoms with Gasteiger partial charge in [-0.05, 0) is 37.6 Å². The molecule has 1 atom stereocenters. The average Bonchev–Trinajstić information content (AvgIpc) is 2.78. The number of ether oxygens (including phenoxy) is 1. The van der Waals surface area contributed by atoms with Crippen molar-refractivity contribution >= 4 is 11.3 Å². The highest BCUT2D eigenvalue weighted by Crippen LogP contribution is 2.28. The maximum Gasteiger partial charge on any atom is 0.122 e. The summed E-state index contributed by atoms with van der Waals surface area (Å²) in [5, 5.41) is 12.2.